The zero-order valence-electron chi connectivity index (χ0n) is 12.3. The quantitative estimate of drug-likeness (QED) is 0.725. The Bertz CT molecular complexity index is 842. The molecule has 1 aromatic heterocycles. The van der Waals surface area contributed by atoms with Gasteiger partial charge in [-0.1, -0.05) is 23.7 Å². The van der Waals surface area contributed by atoms with Crippen molar-refractivity contribution in [3.8, 4) is 0 Å². The van der Waals surface area contributed by atoms with Crippen LogP contribution in [0.1, 0.15) is 5.56 Å². The van der Waals surface area contributed by atoms with Crippen molar-refractivity contribution in [1.82, 2.24) is 15.2 Å². The van der Waals surface area contributed by atoms with Crippen molar-refractivity contribution in [2.45, 2.75) is 6.54 Å². The number of nitrogens with one attached hydrogen (secondary N) is 2. The first kappa shape index (κ1) is 16.1. The molecule has 0 amide bonds. The fourth-order valence-electron chi connectivity index (χ4n) is 1.94. The van der Waals surface area contributed by atoms with Crippen molar-refractivity contribution < 1.29 is 8.78 Å². The number of hydrogen-bond acceptors (Lipinski definition) is 5. The first-order valence-corrected chi connectivity index (χ1v) is 7.38. The highest BCUT2D eigenvalue weighted by Gasteiger charge is 2.05. The molecule has 0 saturated carbocycles. The van der Waals surface area contributed by atoms with Crippen LogP contribution in [0.15, 0.2) is 48.7 Å². The Morgan fingerprint density at radius 3 is 2.54 bits per heavy atom. The topological polar surface area (TPSA) is 62.7 Å². The van der Waals surface area contributed by atoms with E-state index in [-0.39, 0.29) is 0 Å². The third-order valence-corrected chi connectivity index (χ3v) is 3.37. The number of aromatic nitrogens is 3. The van der Waals surface area contributed by atoms with Crippen molar-refractivity contribution in [1.29, 1.82) is 0 Å². The molecule has 2 N–H and O–H groups in total. The van der Waals surface area contributed by atoms with Gasteiger partial charge in [-0.25, -0.2) is 8.78 Å². The van der Waals surface area contributed by atoms with Gasteiger partial charge in [0, 0.05) is 23.3 Å². The predicted octanol–water partition coefficient (Wildman–Crippen LogP) is 4.16. The summed E-state index contributed by atoms with van der Waals surface area (Å²) in [7, 11) is 0. The van der Waals surface area contributed by atoms with Gasteiger partial charge >= 0.3 is 0 Å². The smallest absolute Gasteiger partial charge is 0.244 e. The van der Waals surface area contributed by atoms with Crippen LogP contribution in [0.25, 0.3) is 0 Å². The third-order valence-electron chi connectivity index (χ3n) is 3.11. The highest BCUT2D eigenvalue weighted by atomic mass is 35.5. The Labute approximate surface area is 141 Å². The molecule has 0 aliphatic carbocycles. The number of benzene rings is 2. The molecule has 5 nitrogen and oxygen atoms in total. The maximum atomic E-state index is 13.2. The number of anilines is 3. The number of rotatable bonds is 5. The van der Waals surface area contributed by atoms with E-state index in [0.29, 0.717) is 29.0 Å². The lowest BCUT2D eigenvalue weighted by molar-refractivity contribution is 0.509. The van der Waals surface area contributed by atoms with E-state index in [1.54, 1.807) is 12.1 Å². The molecule has 2 aromatic carbocycles. The molecule has 0 radical (unpaired) electrons. The lowest BCUT2D eigenvalue weighted by Gasteiger charge is -2.08. The second-order valence-corrected chi connectivity index (χ2v) is 5.34. The summed E-state index contributed by atoms with van der Waals surface area (Å²) in [6, 6.07) is 10.8. The molecule has 0 fully saturated rings. The van der Waals surface area contributed by atoms with Gasteiger partial charge < -0.3 is 10.6 Å². The van der Waals surface area contributed by atoms with Crippen LogP contribution in [0.3, 0.4) is 0 Å². The summed E-state index contributed by atoms with van der Waals surface area (Å²) in [4.78, 5) is 4.21. The van der Waals surface area contributed by atoms with Crippen LogP contribution in [-0.4, -0.2) is 15.2 Å². The number of halogens is 3. The maximum absolute atomic E-state index is 13.2. The first-order chi connectivity index (χ1) is 11.6. The zero-order valence-corrected chi connectivity index (χ0v) is 13.1. The summed E-state index contributed by atoms with van der Waals surface area (Å²) in [5.74, 6) is -1.19. The second-order valence-electron chi connectivity index (χ2n) is 4.90. The SMILES string of the molecule is Fc1ccc(Nc2cnnc(NCc3ccc(Cl)cc3)n2)cc1F. The lowest BCUT2D eigenvalue weighted by atomic mass is 10.2. The molecule has 3 rings (SSSR count). The average Bonchev–Trinajstić information content (AvgIpc) is 2.58. The molecule has 24 heavy (non-hydrogen) atoms. The van der Waals surface area contributed by atoms with Gasteiger partial charge in [0.2, 0.25) is 5.95 Å². The van der Waals surface area contributed by atoms with Crippen molar-refractivity contribution in [3.63, 3.8) is 0 Å². The lowest BCUT2D eigenvalue weighted by Crippen LogP contribution is -2.06. The van der Waals surface area contributed by atoms with Crippen LogP contribution in [-0.2, 0) is 6.54 Å². The molecule has 122 valence electrons. The molecule has 0 aliphatic rings. The Morgan fingerprint density at radius 2 is 1.79 bits per heavy atom. The second kappa shape index (κ2) is 7.18. The molecule has 0 bridgehead atoms. The Balaban J connectivity index is 1.67. The van der Waals surface area contributed by atoms with E-state index in [1.807, 2.05) is 12.1 Å². The van der Waals surface area contributed by atoms with E-state index >= 15 is 0 Å². The van der Waals surface area contributed by atoms with Crippen molar-refractivity contribution in [2.75, 3.05) is 10.6 Å². The van der Waals surface area contributed by atoms with E-state index in [2.05, 4.69) is 25.8 Å². The van der Waals surface area contributed by atoms with Crippen LogP contribution < -0.4 is 10.6 Å². The first-order valence-electron chi connectivity index (χ1n) is 7.00. The number of nitrogens with zero attached hydrogens (tertiary/aromatic N) is 3. The van der Waals surface area contributed by atoms with Crippen LogP contribution in [0, 0.1) is 11.6 Å². The summed E-state index contributed by atoms with van der Waals surface area (Å²) in [5.41, 5.74) is 1.36. The highest BCUT2D eigenvalue weighted by molar-refractivity contribution is 6.30. The minimum absolute atomic E-state index is 0.303. The van der Waals surface area contributed by atoms with E-state index in [1.165, 1.54) is 12.3 Å². The molecule has 1 heterocycles. The van der Waals surface area contributed by atoms with E-state index in [4.69, 9.17) is 11.6 Å². The van der Waals surface area contributed by atoms with E-state index in [0.717, 1.165) is 17.7 Å². The van der Waals surface area contributed by atoms with E-state index in [9.17, 15) is 8.78 Å². The normalized spacial score (nSPS) is 10.5. The van der Waals surface area contributed by atoms with Crippen molar-refractivity contribution in [3.05, 3.63) is 70.9 Å². The summed E-state index contributed by atoms with van der Waals surface area (Å²) in [6.07, 6.45) is 1.38. The van der Waals surface area contributed by atoms with Crippen LogP contribution in [0.5, 0.6) is 0 Å². The Morgan fingerprint density at radius 1 is 1.00 bits per heavy atom. The van der Waals surface area contributed by atoms with Crippen LogP contribution in [0.2, 0.25) is 5.02 Å². The van der Waals surface area contributed by atoms with Gasteiger partial charge in [0.25, 0.3) is 0 Å². The standard InChI is InChI=1S/C16H12ClF2N5/c17-11-3-1-10(2-4-11)8-20-16-23-15(9-21-24-16)22-12-5-6-13(18)14(19)7-12/h1-7,9H,8H2,(H2,20,22,23,24). The summed E-state index contributed by atoms with van der Waals surface area (Å²) >= 11 is 5.83. The summed E-state index contributed by atoms with van der Waals surface area (Å²) in [5, 5.41) is 14.2. The van der Waals surface area contributed by atoms with Gasteiger partial charge in [-0.15, -0.1) is 5.10 Å². The van der Waals surface area contributed by atoms with Gasteiger partial charge in [-0.05, 0) is 29.8 Å². The maximum Gasteiger partial charge on any atom is 0.244 e. The van der Waals surface area contributed by atoms with Crippen LogP contribution in [0.4, 0.5) is 26.2 Å². The van der Waals surface area contributed by atoms with Gasteiger partial charge in [0.15, 0.2) is 17.5 Å². The number of hydrogen-bond donors (Lipinski definition) is 2. The Hall–Kier alpha value is -2.80. The molecule has 0 spiro atoms. The molecular formula is C16H12ClF2N5. The van der Waals surface area contributed by atoms with Gasteiger partial charge in [0.1, 0.15) is 0 Å². The van der Waals surface area contributed by atoms with E-state index < -0.39 is 11.6 Å². The largest absolute Gasteiger partial charge is 0.349 e. The van der Waals surface area contributed by atoms with Gasteiger partial charge in [-0.2, -0.15) is 10.1 Å². The zero-order chi connectivity index (χ0) is 16.9. The average molecular weight is 348 g/mol. The fourth-order valence-corrected chi connectivity index (χ4v) is 2.07. The minimum atomic E-state index is -0.942. The Kier molecular flexibility index (Phi) is 4.81. The molecule has 8 heteroatoms. The van der Waals surface area contributed by atoms with Crippen molar-refractivity contribution >= 4 is 29.1 Å². The summed E-state index contributed by atoms with van der Waals surface area (Å²) < 4.78 is 26.1. The fraction of sp³-hybridized carbons (Fsp3) is 0.0625. The molecule has 0 unspecified atom stereocenters. The monoisotopic (exact) mass is 347 g/mol. The van der Waals surface area contributed by atoms with Gasteiger partial charge in [-0.3, -0.25) is 0 Å². The summed E-state index contributed by atoms with van der Waals surface area (Å²) in [6.45, 7) is 0.494. The molecule has 0 saturated heterocycles. The molecule has 0 aliphatic heterocycles. The molecular weight excluding hydrogens is 336 g/mol. The van der Waals surface area contributed by atoms with Gasteiger partial charge in [0.05, 0.1) is 6.20 Å². The predicted molar refractivity (Wildman–Crippen MR) is 88.2 cm³/mol. The van der Waals surface area contributed by atoms with Crippen LogP contribution >= 0.6 is 11.6 Å². The third kappa shape index (κ3) is 4.14. The minimum Gasteiger partial charge on any atom is -0.349 e. The van der Waals surface area contributed by atoms with Crippen molar-refractivity contribution in [2.24, 2.45) is 0 Å². The molecule has 3 aromatic rings. The highest BCUT2D eigenvalue weighted by Crippen LogP contribution is 2.17. The molecule has 0 atom stereocenters.